The van der Waals surface area contributed by atoms with Gasteiger partial charge < -0.3 is 14.9 Å². The number of carboxylic acid groups (broad SMARTS) is 1. The summed E-state index contributed by atoms with van der Waals surface area (Å²) in [6.07, 6.45) is 0.667. The Morgan fingerprint density at radius 2 is 1.64 bits per heavy atom. The molecular weight excluding hydrogens is 342 g/mol. The van der Waals surface area contributed by atoms with Gasteiger partial charge in [-0.15, -0.1) is 0 Å². The third-order valence-electron chi connectivity index (χ3n) is 4.03. The molecule has 3 rings (SSSR count). The van der Waals surface area contributed by atoms with Crippen molar-refractivity contribution in [1.29, 1.82) is 0 Å². The topological polar surface area (TPSA) is 90.8 Å². The Morgan fingerprint density at radius 1 is 0.960 bits per heavy atom. The van der Waals surface area contributed by atoms with Crippen molar-refractivity contribution in [3.05, 3.63) is 52.0 Å². The maximum absolute atomic E-state index is 12.6. The molecule has 8 heteroatoms. The molecule has 1 aliphatic heterocycles. The van der Waals surface area contributed by atoms with E-state index in [0.29, 0.717) is 38.2 Å². The highest BCUT2D eigenvalue weighted by Crippen LogP contribution is 2.13. The van der Waals surface area contributed by atoms with E-state index in [2.05, 4.69) is 4.98 Å². The van der Waals surface area contributed by atoms with Crippen LogP contribution in [0.2, 0.25) is 0 Å². The zero-order valence-electron chi connectivity index (χ0n) is 13.4. The first-order valence-corrected chi connectivity index (χ1v) is 8.81. The molecule has 2 amide bonds. The minimum atomic E-state index is -1.17. The zero-order chi connectivity index (χ0) is 17.8. The molecule has 0 aliphatic carbocycles. The van der Waals surface area contributed by atoms with Crippen molar-refractivity contribution >= 4 is 29.1 Å². The standard InChI is InChI=1S/C17H17N3O4S/c21-15(12-5-10-25-11-12)19-6-2-7-20(9-8-19)16(22)13-3-1-4-14(18-13)17(23)24/h1,3-5,10-11H,2,6-9H2,(H,23,24). The van der Waals surface area contributed by atoms with Crippen molar-refractivity contribution in [2.75, 3.05) is 26.2 Å². The van der Waals surface area contributed by atoms with Crippen LogP contribution in [0.4, 0.5) is 0 Å². The largest absolute Gasteiger partial charge is 0.477 e. The zero-order valence-corrected chi connectivity index (χ0v) is 14.2. The molecule has 0 saturated carbocycles. The van der Waals surface area contributed by atoms with Crippen LogP contribution >= 0.6 is 11.3 Å². The fraction of sp³-hybridized carbons (Fsp3) is 0.294. The average molecular weight is 359 g/mol. The van der Waals surface area contributed by atoms with Crippen molar-refractivity contribution in [3.63, 3.8) is 0 Å². The summed E-state index contributed by atoms with van der Waals surface area (Å²) in [7, 11) is 0. The molecule has 2 aromatic rings. The van der Waals surface area contributed by atoms with Crippen LogP contribution in [-0.2, 0) is 0 Å². The van der Waals surface area contributed by atoms with Gasteiger partial charge >= 0.3 is 5.97 Å². The minimum Gasteiger partial charge on any atom is -0.477 e. The van der Waals surface area contributed by atoms with Gasteiger partial charge in [0.25, 0.3) is 11.8 Å². The first-order chi connectivity index (χ1) is 12.1. The van der Waals surface area contributed by atoms with Crippen molar-refractivity contribution in [2.24, 2.45) is 0 Å². The van der Waals surface area contributed by atoms with Crippen LogP contribution in [0.3, 0.4) is 0 Å². The van der Waals surface area contributed by atoms with E-state index in [4.69, 9.17) is 5.11 Å². The van der Waals surface area contributed by atoms with E-state index in [-0.39, 0.29) is 23.2 Å². The molecule has 130 valence electrons. The normalized spacial score (nSPS) is 14.9. The van der Waals surface area contributed by atoms with E-state index in [1.807, 2.05) is 10.8 Å². The summed E-state index contributed by atoms with van der Waals surface area (Å²) in [6.45, 7) is 1.93. The predicted octanol–water partition coefficient (Wildman–Crippen LogP) is 1.83. The van der Waals surface area contributed by atoms with Crippen LogP contribution in [0.1, 0.15) is 37.8 Å². The average Bonchev–Trinajstić information content (AvgIpc) is 3.05. The molecule has 3 heterocycles. The molecule has 0 unspecified atom stereocenters. The van der Waals surface area contributed by atoms with Gasteiger partial charge in [0, 0.05) is 31.6 Å². The number of pyridine rings is 1. The van der Waals surface area contributed by atoms with E-state index in [0.717, 1.165) is 0 Å². The van der Waals surface area contributed by atoms with E-state index in [1.54, 1.807) is 15.9 Å². The lowest BCUT2D eigenvalue weighted by atomic mass is 10.2. The highest BCUT2D eigenvalue weighted by molar-refractivity contribution is 7.08. The number of hydrogen-bond acceptors (Lipinski definition) is 5. The summed E-state index contributed by atoms with van der Waals surface area (Å²) in [5, 5.41) is 12.7. The summed E-state index contributed by atoms with van der Waals surface area (Å²) in [4.78, 5) is 43.3. The Morgan fingerprint density at radius 3 is 2.28 bits per heavy atom. The van der Waals surface area contributed by atoms with Gasteiger partial charge in [0.2, 0.25) is 0 Å². The van der Waals surface area contributed by atoms with Gasteiger partial charge in [0.1, 0.15) is 11.4 Å². The van der Waals surface area contributed by atoms with Crippen LogP contribution in [0.5, 0.6) is 0 Å². The van der Waals surface area contributed by atoms with E-state index < -0.39 is 5.97 Å². The second kappa shape index (κ2) is 7.43. The van der Waals surface area contributed by atoms with Gasteiger partial charge in [0.15, 0.2) is 0 Å². The number of hydrogen-bond donors (Lipinski definition) is 1. The Bertz CT molecular complexity index is 791. The fourth-order valence-electron chi connectivity index (χ4n) is 2.73. The predicted molar refractivity (Wildman–Crippen MR) is 91.9 cm³/mol. The Balaban J connectivity index is 1.68. The number of thiophene rings is 1. The van der Waals surface area contributed by atoms with Crippen molar-refractivity contribution in [3.8, 4) is 0 Å². The van der Waals surface area contributed by atoms with Gasteiger partial charge in [-0.05, 0) is 30.0 Å². The molecule has 1 fully saturated rings. The molecule has 0 spiro atoms. The molecule has 2 aromatic heterocycles. The number of aromatic nitrogens is 1. The van der Waals surface area contributed by atoms with E-state index >= 15 is 0 Å². The van der Waals surface area contributed by atoms with Crippen LogP contribution < -0.4 is 0 Å². The molecule has 1 saturated heterocycles. The monoisotopic (exact) mass is 359 g/mol. The Kier molecular flexibility index (Phi) is 5.08. The number of carboxylic acids is 1. The third kappa shape index (κ3) is 3.85. The summed E-state index contributed by atoms with van der Waals surface area (Å²) < 4.78 is 0. The number of carbonyl (C=O) groups is 3. The van der Waals surface area contributed by atoms with Crippen molar-refractivity contribution in [2.45, 2.75) is 6.42 Å². The summed E-state index contributed by atoms with van der Waals surface area (Å²) in [5.41, 5.74) is 0.619. The van der Waals surface area contributed by atoms with Gasteiger partial charge in [0.05, 0.1) is 5.56 Å². The Labute approximate surface area is 148 Å². The van der Waals surface area contributed by atoms with Gasteiger partial charge in [-0.2, -0.15) is 11.3 Å². The van der Waals surface area contributed by atoms with Crippen molar-refractivity contribution in [1.82, 2.24) is 14.8 Å². The van der Waals surface area contributed by atoms with Crippen LogP contribution in [-0.4, -0.2) is 63.9 Å². The second-order valence-electron chi connectivity index (χ2n) is 5.66. The number of carbonyl (C=O) groups excluding carboxylic acids is 2. The van der Waals surface area contributed by atoms with Crippen LogP contribution in [0, 0.1) is 0 Å². The van der Waals surface area contributed by atoms with Crippen LogP contribution in [0.25, 0.3) is 0 Å². The molecule has 0 atom stereocenters. The Hall–Kier alpha value is -2.74. The minimum absolute atomic E-state index is 0.0263. The number of aromatic carboxylic acids is 1. The third-order valence-corrected chi connectivity index (χ3v) is 4.71. The maximum Gasteiger partial charge on any atom is 0.354 e. The highest BCUT2D eigenvalue weighted by atomic mass is 32.1. The second-order valence-corrected chi connectivity index (χ2v) is 6.44. The van der Waals surface area contributed by atoms with E-state index in [9.17, 15) is 14.4 Å². The maximum atomic E-state index is 12.6. The highest BCUT2D eigenvalue weighted by Gasteiger charge is 2.24. The molecule has 25 heavy (non-hydrogen) atoms. The fourth-order valence-corrected chi connectivity index (χ4v) is 3.36. The number of amides is 2. The molecule has 0 aromatic carbocycles. The number of rotatable bonds is 3. The summed E-state index contributed by atoms with van der Waals surface area (Å²) in [6, 6.07) is 6.16. The van der Waals surface area contributed by atoms with E-state index in [1.165, 1.54) is 29.5 Å². The van der Waals surface area contributed by atoms with Crippen molar-refractivity contribution < 1.29 is 19.5 Å². The molecule has 7 nitrogen and oxygen atoms in total. The molecule has 0 radical (unpaired) electrons. The lowest BCUT2D eigenvalue weighted by Crippen LogP contribution is -2.37. The van der Waals surface area contributed by atoms with Gasteiger partial charge in [-0.1, -0.05) is 6.07 Å². The molecule has 1 aliphatic rings. The summed E-state index contributed by atoms with van der Waals surface area (Å²) >= 11 is 1.48. The van der Waals surface area contributed by atoms with Gasteiger partial charge in [-0.3, -0.25) is 9.59 Å². The first-order valence-electron chi connectivity index (χ1n) is 7.87. The molecule has 1 N–H and O–H groups in total. The lowest BCUT2D eigenvalue weighted by molar-refractivity contribution is 0.0686. The molecular formula is C17H17N3O4S. The van der Waals surface area contributed by atoms with Crippen LogP contribution in [0.15, 0.2) is 35.0 Å². The number of nitrogens with zero attached hydrogens (tertiary/aromatic N) is 3. The SMILES string of the molecule is O=C(O)c1cccc(C(=O)N2CCCN(C(=O)c3ccsc3)CC2)n1. The first kappa shape index (κ1) is 17.1. The molecule has 0 bridgehead atoms. The van der Waals surface area contributed by atoms with Gasteiger partial charge in [-0.25, -0.2) is 9.78 Å². The lowest BCUT2D eigenvalue weighted by Gasteiger charge is -2.21. The summed E-state index contributed by atoms with van der Waals surface area (Å²) in [5.74, 6) is -1.51. The quantitative estimate of drug-likeness (QED) is 0.903. The smallest absolute Gasteiger partial charge is 0.354 e.